The third kappa shape index (κ3) is 4.13. The van der Waals surface area contributed by atoms with Crippen molar-refractivity contribution in [1.82, 2.24) is 24.3 Å². The Balaban J connectivity index is 1.61. The number of thiazole rings is 1. The number of rotatable bonds is 7. The van der Waals surface area contributed by atoms with Crippen LogP contribution in [0.1, 0.15) is 55.5 Å². The summed E-state index contributed by atoms with van der Waals surface area (Å²) in [5.41, 5.74) is 1.18. The van der Waals surface area contributed by atoms with Gasteiger partial charge in [0.25, 0.3) is 0 Å². The van der Waals surface area contributed by atoms with Crippen LogP contribution < -0.4 is 0 Å². The van der Waals surface area contributed by atoms with E-state index < -0.39 is 5.41 Å². The summed E-state index contributed by atoms with van der Waals surface area (Å²) in [5.74, 6) is -0.0740. The quantitative estimate of drug-likeness (QED) is 0.654. The van der Waals surface area contributed by atoms with Gasteiger partial charge in [-0.05, 0) is 34.1 Å². The Morgan fingerprint density at radius 1 is 1.42 bits per heavy atom. The molecule has 4 heterocycles. The number of hydrogen-bond acceptors (Lipinski definition) is 6. The zero-order valence-corrected chi connectivity index (χ0v) is 19.5. The van der Waals surface area contributed by atoms with E-state index in [4.69, 9.17) is 4.74 Å². The van der Waals surface area contributed by atoms with Gasteiger partial charge in [0.1, 0.15) is 6.61 Å². The SMILES string of the molecule is CCOCC(=O)N1C[C@H](c2cn(C(C)C)cn2)[C@@]2(CCN(Cc3csc(C)n3)C2=O)C1. The first-order valence-electron chi connectivity index (χ1n) is 10.9. The molecule has 2 amide bonds. The number of nitrogens with zero attached hydrogens (tertiary/aromatic N) is 5. The molecule has 0 aromatic carbocycles. The van der Waals surface area contributed by atoms with Crippen LogP contribution in [0, 0.1) is 12.3 Å². The average Bonchev–Trinajstić information content (AvgIpc) is 3.51. The van der Waals surface area contributed by atoms with Gasteiger partial charge in [0, 0.05) is 49.8 Å². The maximum atomic E-state index is 13.7. The summed E-state index contributed by atoms with van der Waals surface area (Å²) in [6.07, 6.45) is 4.58. The van der Waals surface area contributed by atoms with E-state index in [1.807, 2.05) is 36.7 Å². The normalized spacial score (nSPS) is 23.6. The minimum atomic E-state index is -0.636. The Kier molecular flexibility index (Phi) is 6.16. The number of amides is 2. The topological polar surface area (TPSA) is 80.6 Å². The summed E-state index contributed by atoms with van der Waals surface area (Å²) in [7, 11) is 0. The zero-order chi connectivity index (χ0) is 22.2. The van der Waals surface area contributed by atoms with E-state index in [2.05, 4.69) is 28.4 Å². The molecular formula is C22H31N5O3S. The minimum absolute atomic E-state index is 0.0513. The average molecular weight is 446 g/mol. The van der Waals surface area contributed by atoms with Crippen molar-refractivity contribution in [2.24, 2.45) is 5.41 Å². The maximum absolute atomic E-state index is 13.7. The van der Waals surface area contributed by atoms with Crippen LogP contribution in [0.5, 0.6) is 0 Å². The summed E-state index contributed by atoms with van der Waals surface area (Å²) < 4.78 is 7.41. The van der Waals surface area contributed by atoms with E-state index in [0.29, 0.717) is 39.2 Å². The number of carbonyl (C=O) groups excluding carboxylic acids is 2. The van der Waals surface area contributed by atoms with Gasteiger partial charge in [0.05, 0.1) is 34.7 Å². The molecule has 2 aromatic rings. The minimum Gasteiger partial charge on any atom is -0.372 e. The fourth-order valence-electron chi connectivity index (χ4n) is 4.73. The van der Waals surface area contributed by atoms with Crippen LogP contribution in [0.25, 0.3) is 0 Å². The van der Waals surface area contributed by atoms with E-state index >= 15 is 0 Å². The molecule has 4 rings (SSSR count). The van der Waals surface area contributed by atoms with Crippen molar-refractivity contribution in [3.05, 3.63) is 34.3 Å². The summed E-state index contributed by atoms with van der Waals surface area (Å²) in [6, 6.07) is 0.290. The molecule has 2 aliphatic heterocycles. The number of imidazole rings is 1. The highest BCUT2D eigenvalue weighted by Crippen LogP contribution is 2.50. The van der Waals surface area contributed by atoms with Crippen LogP contribution in [-0.4, -0.2) is 69.0 Å². The smallest absolute Gasteiger partial charge is 0.248 e. The molecule has 1 spiro atoms. The molecule has 0 aliphatic carbocycles. The largest absolute Gasteiger partial charge is 0.372 e. The standard InChI is InChI=1S/C22H31N5O3S/c1-5-30-11-20(28)26-9-18(19-10-27(14-23-19)15(2)3)22(13-26)6-7-25(21(22)29)8-17-12-31-16(4)24-17/h10,12,14-15,18H,5-9,11,13H2,1-4H3/t18-,22-/m1/s1. The highest BCUT2D eigenvalue weighted by molar-refractivity contribution is 7.09. The molecule has 31 heavy (non-hydrogen) atoms. The van der Waals surface area contributed by atoms with Gasteiger partial charge in [-0.15, -0.1) is 11.3 Å². The number of ether oxygens (including phenoxy) is 1. The second-order valence-corrected chi connectivity index (χ2v) is 9.86. The first kappa shape index (κ1) is 22.0. The van der Waals surface area contributed by atoms with Crippen LogP contribution in [-0.2, 0) is 20.9 Å². The van der Waals surface area contributed by atoms with Crippen LogP contribution in [0.2, 0.25) is 0 Å². The van der Waals surface area contributed by atoms with Gasteiger partial charge < -0.3 is 19.1 Å². The molecule has 0 radical (unpaired) electrons. The predicted molar refractivity (Wildman–Crippen MR) is 118 cm³/mol. The Labute approximate surface area is 187 Å². The first-order chi connectivity index (χ1) is 14.8. The lowest BCUT2D eigenvalue weighted by atomic mass is 9.75. The number of carbonyl (C=O) groups is 2. The Hall–Kier alpha value is -2.26. The van der Waals surface area contributed by atoms with Crippen molar-refractivity contribution in [3.8, 4) is 0 Å². The van der Waals surface area contributed by atoms with Crippen molar-refractivity contribution in [2.45, 2.75) is 52.6 Å². The molecule has 0 saturated carbocycles. The predicted octanol–water partition coefficient (Wildman–Crippen LogP) is 2.61. The van der Waals surface area contributed by atoms with E-state index in [1.54, 1.807) is 16.2 Å². The molecule has 2 atom stereocenters. The Morgan fingerprint density at radius 3 is 2.87 bits per heavy atom. The third-order valence-electron chi connectivity index (χ3n) is 6.46. The van der Waals surface area contributed by atoms with E-state index in [9.17, 15) is 9.59 Å². The zero-order valence-electron chi connectivity index (χ0n) is 18.7. The molecular weight excluding hydrogens is 414 g/mol. The lowest BCUT2D eigenvalue weighted by Crippen LogP contribution is -2.40. The fourth-order valence-corrected chi connectivity index (χ4v) is 5.33. The second kappa shape index (κ2) is 8.70. The molecule has 2 aliphatic rings. The van der Waals surface area contributed by atoms with Crippen LogP contribution in [0.15, 0.2) is 17.9 Å². The highest BCUT2D eigenvalue weighted by Gasteiger charge is 2.58. The lowest BCUT2D eigenvalue weighted by Gasteiger charge is -2.27. The Bertz CT molecular complexity index is 955. The summed E-state index contributed by atoms with van der Waals surface area (Å²) in [6.45, 7) is 10.7. The van der Waals surface area contributed by atoms with Gasteiger partial charge >= 0.3 is 0 Å². The van der Waals surface area contributed by atoms with Gasteiger partial charge in [-0.25, -0.2) is 9.97 Å². The van der Waals surface area contributed by atoms with Crippen molar-refractivity contribution in [3.63, 3.8) is 0 Å². The maximum Gasteiger partial charge on any atom is 0.248 e. The molecule has 2 fully saturated rings. The number of aryl methyl sites for hydroxylation is 1. The van der Waals surface area contributed by atoms with Crippen molar-refractivity contribution < 1.29 is 14.3 Å². The second-order valence-electron chi connectivity index (χ2n) is 8.79. The highest BCUT2D eigenvalue weighted by atomic mass is 32.1. The summed E-state index contributed by atoms with van der Waals surface area (Å²) in [5, 5.41) is 3.02. The summed E-state index contributed by atoms with van der Waals surface area (Å²) >= 11 is 1.60. The van der Waals surface area contributed by atoms with E-state index in [-0.39, 0.29) is 30.4 Å². The van der Waals surface area contributed by atoms with Gasteiger partial charge in [-0.2, -0.15) is 0 Å². The molecule has 2 saturated heterocycles. The fraction of sp³-hybridized carbons (Fsp3) is 0.636. The van der Waals surface area contributed by atoms with Crippen LogP contribution >= 0.6 is 11.3 Å². The van der Waals surface area contributed by atoms with Gasteiger partial charge in [-0.3, -0.25) is 9.59 Å². The summed E-state index contributed by atoms with van der Waals surface area (Å²) in [4.78, 5) is 39.4. The molecule has 2 aromatic heterocycles. The van der Waals surface area contributed by atoms with Crippen LogP contribution in [0.3, 0.4) is 0 Å². The number of likely N-dealkylation sites (tertiary alicyclic amines) is 2. The van der Waals surface area contributed by atoms with Gasteiger partial charge in [-0.1, -0.05) is 0 Å². The van der Waals surface area contributed by atoms with Crippen molar-refractivity contribution in [1.29, 1.82) is 0 Å². The van der Waals surface area contributed by atoms with Gasteiger partial charge in [0.2, 0.25) is 11.8 Å². The molecule has 0 N–H and O–H groups in total. The monoisotopic (exact) mass is 445 g/mol. The number of hydrogen-bond donors (Lipinski definition) is 0. The molecule has 0 bridgehead atoms. The Morgan fingerprint density at radius 2 is 2.23 bits per heavy atom. The molecule has 8 nitrogen and oxygen atoms in total. The molecule has 9 heteroatoms. The van der Waals surface area contributed by atoms with Crippen LogP contribution in [0.4, 0.5) is 0 Å². The first-order valence-corrected chi connectivity index (χ1v) is 11.8. The van der Waals surface area contributed by atoms with Crippen molar-refractivity contribution in [2.75, 3.05) is 32.8 Å². The molecule has 0 unspecified atom stereocenters. The lowest BCUT2D eigenvalue weighted by molar-refractivity contribution is -0.138. The van der Waals surface area contributed by atoms with Gasteiger partial charge in [0.15, 0.2) is 0 Å². The molecule has 168 valence electrons. The third-order valence-corrected chi connectivity index (χ3v) is 7.28. The van der Waals surface area contributed by atoms with Crippen molar-refractivity contribution >= 4 is 23.2 Å². The van der Waals surface area contributed by atoms with E-state index in [0.717, 1.165) is 16.4 Å². The van der Waals surface area contributed by atoms with E-state index in [1.165, 1.54) is 0 Å². The number of aromatic nitrogens is 3.